The van der Waals surface area contributed by atoms with E-state index in [-0.39, 0.29) is 5.91 Å². The Labute approximate surface area is 135 Å². The summed E-state index contributed by atoms with van der Waals surface area (Å²) in [5.74, 6) is 1.32. The largest absolute Gasteiger partial charge is 0.396 e. The van der Waals surface area contributed by atoms with Gasteiger partial charge in [-0.05, 0) is 24.5 Å². The molecule has 0 aliphatic carbocycles. The molecular weight excluding hydrogens is 302 g/mol. The Balaban J connectivity index is 2.28. The third-order valence-electron chi connectivity index (χ3n) is 4.10. The van der Waals surface area contributed by atoms with Crippen LogP contribution in [0.4, 0.5) is 10.7 Å². The summed E-state index contributed by atoms with van der Waals surface area (Å²) in [7, 11) is 0. The molecular formula is C15H25N3OS2. The van der Waals surface area contributed by atoms with Crippen LogP contribution in [0.5, 0.6) is 0 Å². The molecule has 1 aliphatic heterocycles. The average Bonchev–Trinajstić information content (AvgIpc) is 2.96. The van der Waals surface area contributed by atoms with Crippen molar-refractivity contribution in [2.75, 3.05) is 36.5 Å². The van der Waals surface area contributed by atoms with Crippen molar-refractivity contribution in [3.63, 3.8) is 0 Å². The monoisotopic (exact) mass is 327 g/mol. The van der Waals surface area contributed by atoms with Gasteiger partial charge in [-0.25, -0.2) is 0 Å². The number of hydrogen-bond donors (Lipinski definition) is 2. The highest BCUT2D eigenvalue weighted by Gasteiger charge is 2.31. The van der Waals surface area contributed by atoms with E-state index >= 15 is 0 Å². The van der Waals surface area contributed by atoms with Gasteiger partial charge in [0.05, 0.1) is 10.6 Å². The van der Waals surface area contributed by atoms with Crippen molar-refractivity contribution in [3.05, 3.63) is 4.88 Å². The number of nitrogen functional groups attached to an aromatic ring is 1. The van der Waals surface area contributed by atoms with Crippen LogP contribution in [0.3, 0.4) is 0 Å². The second-order valence-corrected chi connectivity index (χ2v) is 7.61. The Morgan fingerprint density at radius 3 is 2.57 bits per heavy atom. The average molecular weight is 328 g/mol. The molecule has 2 atom stereocenters. The number of nitrogens with zero attached hydrogens (tertiary/aromatic N) is 1. The van der Waals surface area contributed by atoms with Crippen LogP contribution in [-0.2, 0) is 0 Å². The van der Waals surface area contributed by atoms with E-state index in [1.165, 1.54) is 11.3 Å². The summed E-state index contributed by atoms with van der Waals surface area (Å²) in [5, 5.41) is 4.09. The number of hydrogen-bond acceptors (Lipinski definition) is 5. The van der Waals surface area contributed by atoms with E-state index in [1.54, 1.807) is 11.8 Å². The number of rotatable bonds is 5. The fourth-order valence-electron chi connectivity index (χ4n) is 2.60. The van der Waals surface area contributed by atoms with E-state index < -0.39 is 0 Å². The molecule has 1 fully saturated rings. The maximum absolute atomic E-state index is 12.2. The SMILES string of the molecule is CCCNC(=O)c1sc(N2CC(C)C(C)C2)c(SC)c1N. The van der Waals surface area contributed by atoms with Crippen molar-refractivity contribution >= 4 is 39.7 Å². The van der Waals surface area contributed by atoms with Crippen molar-refractivity contribution in [3.8, 4) is 0 Å². The molecule has 6 heteroatoms. The van der Waals surface area contributed by atoms with Crippen LogP contribution < -0.4 is 16.0 Å². The first-order chi connectivity index (χ1) is 9.99. The summed E-state index contributed by atoms with van der Waals surface area (Å²) in [5.41, 5.74) is 6.87. The van der Waals surface area contributed by atoms with Crippen LogP contribution >= 0.6 is 23.1 Å². The number of anilines is 2. The number of amides is 1. The van der Waals surface area contributed by atoms with Crippen molar-refractivity contribution < 1.29 is 4.79 Å². The summed E-state index contributed by atoms with van der Waals surface area (Å²) >= 11 is 3.18. The maximum atomic E-state index is 12.2. The quantitative estimate of drug-likeness (QED) is 0.815. The lowest BCUT2D eigenvalue weighted by Gasteiger charge is -2.17. The smallest absolute Gasteiger partial charge is 0.263 e. The van der Waals surface area contributed by atoms with E-state index in [0.717, 1.165) is 29.4 Å². The fourth-order valence-corrected chi connectivity index (χ4v) is 4.72. The Hall–Kier alpha value is -0.880. The van der Waals surface area contributed by atoms with Crippen LogP contribution in [0.25, 0.3) is 0 Å². The third kappa shape index (κ3) is 3.31. The zero-order valence-corrected chi connectivity index (χ0v) is 14.9. The number of carbonyl (C=O) groups is 1. The van der Waals surface area contributed by atoms with Gasteiger partial charge in [-0.3, -0.25) is 4.79 Å². The predicted molar refractivity (Wildman–Crippen MR) is 93.7 cm³/mol. The van der Waals surface area contributed by atoms with Gasteiger partial charge in [0.1, 0.15) is 9.88 Å². The molecule has 1 saturated heterocycles. The molecule has 1 amide bonds. The van der Waals surface area contributed by atoms with Gasteiger partial charge < -0.3 is 16.0 Å². The molecule has 0 radical (unpaired) electrons. The van der Waals surface area contributed by atoms with Crippen LogP contribution in [-0.4, -0.2) is 31.8 Å². The molecule has 1 aromatic heterocycles. The number of thioether (sulfide) groups is 1. The molecule has 0 bridgehead atoms. The molecule has 0 spiro atoms. The summed E-state index contributed by atoms with van der Waals surface area (Å²) in [6.45, 7) is 9.40. The molecule has 1 aromatic rings. The van der Waals surface area contributed by atoms with Gasteiger partial charge in [0.25, 0.3) is 5.91 Å². The topological polar surface area (TPSA) is 58.4 Å². The van der Waals surface area contributed by atoms with Crippen molar-refractivity contribution in [2.45, 2.75) is 32.1 Å². The van der Waals surface area contributed by atoms with E-state index in [0.29, 0.717) is 28.9 Å². The number of thiophene rings is 1. The van der Waals surface area contributed by atoms with Crippen LogP contribution in [0.15, 0.2) is 4.90 Å². The molecule has 0 saturated carbocycles. The normalized spacial score (nSPS) is 21.8. The first-order valence-electron chi connectivity index (χ1n) is 7.48. The van der Waals surface area contributed by atoms with E-state index in [9.17, 15) is 4.79 Å². The Kier molecular flexibility index (Phi) is 5.43. The minimum absolute atomic E-state index is 0.0406. The standard InChI is InChI=1S/C15H25N3OS2/c1-5-6-17-14(19)12-11(16)13(20-4)15(21-12)18-7-9(2)10(3)8-18/h9-10H,5-8,16H2,1-4H3,(H,17,19). The highest BCUT2D eigenvalue weighted by Crippen LogP contribution is 2.45. The number of carbonyl (C=O) groups excluding carboxylic acids is 1. The Bertz CT molecular complexity index is 505. The van der Waals surface area contributed by atoms with Gasteiger partial charge in [0, 0.05) is 19.6 Å². The summed E-state index contributed by atoms with van der Waals surface area (Å²) in [6, 6.07) is 0. The number of nitrogens with two attached hydrogens (primary N) is 1. The lowest BCUT2D eigenvalue weighted by atomic mass is 10.0. The van der Waals surface area contributed by atoms with Crippen molar-refractivity contribution in [2.24, 2.45) is 11.8 Å². The minimum atomic E-state index is -0.0406. The zero-order valence-electron chi connectivity index (χ0n) is 13.2. The van der Waals surface area contributed by atoms with E-state index in [4.69, 9.17) is 5.73 Å². The number of nitrogens with one attached hydrogen (secondary N) is 1. The highest BCUT2D eigenvalue weighted by molar-refractivity contribution is 7.99. The zero-order chi connectivity index (χ0) is 15.6. The lowest BCUT2D eigenvalue weighted by molar-refractivity contribution is 0.0958. The molecule has 2 unspecified atom stereocenters. The lowest BCUT2D eigenvalue weighted by Crippen LogP contribution is -2.23. The van der Waals surface area contributed by atoms with Crippen molar-refractivity contribution in [1.82, 2.24) is 5.32 Å². The highest BCUT2D eigenvalue weighted by atomic mass is 32.2. The molecule has 2 rings (SSSR count). The fraction of sp³-hybridized carbons (Fsp3) is 0.667. The summed E-state index contributed by atoms with van der Waals surface area (Å²) < 4.78 is 0. The van der Waals surface area contributed by atoms with Gasteiger partial charge in [-0.1, -0.05) is 20.8 Å². The van der Waals surface area contributed by atoms with Crippen LogP contribution in [0, 0.1) is 11.8 Å². The summed E-state index contributed by atoms with van der Waals surface area (Å²) in [4.78, 5) is 16.3. The van der Waals surface area contributed by atoms with Crippen LogP contribution in [0.2, 0.25) is 0 Å². The first-order valence-corrected chi connectivity index (χ1v) is 9.53. The van der Waals surface area contributed by atoms with Crippen LogP contribution in [0.1, 0.15) is 36.9 Å². The molecule has 1 aliphatic rings. The molecule has 118 valence electrons. The molecule has 21 heavy (non-hydrogen) atoms. The van der Waals surface area contributed by atoms with Gasteiger partial charge in [-0.15, -0.1) is 23.1 Å². The summed E-state index contributed by atoms with van der Waals surface area (Å²) in [6.07, 6.45) is 2.96. The second kappa shape index (κ2) is 6.92. The molecule has 4 nitrogen and oxygen atoms in total. The Morgan fingerprint density at radius 1 is 1.43 bits per heavy atom. The second-order valence-electron chi connectivity index (χ2n) is 5.80. The maximum Gasteiger partial charge on any atom is 0.263 e. The van der Waals surface area contributed by atoms with E-state index in [2.05, 4.69) is 24.1 Å². The molecule has 0 aromatic carbocycles. The predicted octanol–water partition coefficient (Wildman–Crippen LogP) is 3.28. The van der Waals surface area contributed by atoms with Crippen molar-refractivity contribution in [1.29, 1.82) is 0 Å². The molecule has 2 heterocycles. The first kappa shape index (κ1) is 16.5. The van der Waals surface area contributed by atoms with Gasteiger partial charge in [-0.2, -0.15) is 0 Å². The van der Waals surface area contributed by atoms with Gasteiger partial charge >= 0.3 is 0 Å². The van der Waals surface area contributed by atoms with E-state index in [1.807, 2.05) is 13.2 Å². The molecule has 3 N–H and O–H groups in total. The third-order valence-corrected chi connectivity index (χ3v) is 6.32. The Morgan fingerprint density at radius 2 is 2.05 bits per heavy atom. The van der Waals surface area contributed by atoms with Gasteiger partial charge in [0.15, 0.2) is 0 Å². The minimum Gasteiger partial charge on any atom is -0.396 e. The van der Waals surface area contributed by atoms with Gasteiger partial charge in [0.2, 0.25) is 0 Å².